The van der Waals surface area contributed by atoms with Gasteiger partial charge in [0.1, 0.15) is 5.82 Å². The van der Waals surface area contributed by atoms with Crippen molar-refractivity contribution in [2.75, 3.05) is 31.1 Å². The van der Waals surface area contributed by atoms with Gasteiger partial charge in [0.25, 0.3) is 0 Å². The lowest BCUT2D eigenvalue weighted by atomic mass is 10.2. The Hall–Kier alpha value is -1.13. The number of hydrogen-bond donors (Lipinski definition) is 2. The first kappa shape index (κ1) is 12.9. The molecule has 0 unspecified atom stereocenters. The maximum absolute atomic E-state index is 13.1. The smallest absolute Gasteiger partial charge is 0.125 e. The molecule has 0 atom stereocenters. The molecule has 0 aliphatic carbocycles. The number of aliphatic hydroxyl groups excluding tert-OH is 1. The van der Waals surface area contributed by atoms with Crippen LogP contribution in [0, 0.1) is 5.82 Å². The van der Waals surface area contributed by atoms with Crippen LogP contribution in [0.2, 0.25) is 0 Å². The van der Waals surface area contributed by atoms with E-state index < -0.39 is 0 Å². The predicted octanol–water partition coefficient (Wildman–Crippen LogP) is 1.36. The van der Waals surface area contributed by atoms with Crippen molar-refractivity contribution < 1.29 is 9.50 Å². The fourth-order valence-electron chi connectivity index (χ4n) is 1.59. The van der Waals surface area contributed by atoms with E-state index in [1.165, 1.54) is 12.1 Å². The van der Waals surface area contributed by atoms with Gasteiger partial charge in [-0.2, -0.15) is 0 Å². The van der Waals surface area contributed by atoms with Gasteiger partial charge in [-0.25, -0.2) is 4.39 Å². The van der Waals surface area contributed by atoms with Crippen LogP contribution in [0.3, 0.4) is 0 Å². The highest BCUT2D eigenvalue weighted by atomic mass is 19.1. The molecule has 1 rings (SSSR count). The normalized spacial score (nSPS) is 10.4. The van der Waals surface area contributed by atoms with Crippen LogP contribution in [0.5, 0.6) is 0 Å². The standard InChI is InChI=1S/C12H19FN2O/c13-11-4-1-5-12(10-11)15(7-2-6-14)8-3-9-16/h1,4-5,10,16H,2-3,6-9,14H2. The summed E-state index contributed by atoms with van der Waals surface area (Å²) in [5.74, 6) is -0.237. The van der Waals surface area contributed by atoms with Crippen molar-refractivity contribution in [1.29, 1.82) is 0 Å². The fourth-order valence-corrected chi connectivity index (χ4v) is 1.59. The molecule has 0 bridgehead atoms. The number of aliphatic hydroxyl groups is 1. The van der Waals surface area contributed by atoms with Gasteiger partial charge in [-0.15, -0.1) is 0 Å². The molecule has 0 aromatic heterocycles. The molecule has 1 aromatic rings. The second-order valence-corrected chi connectivity index (χ2v) is 3.69. The van der Waals surface area contributed by atoms with Gasteiger partial charge in [0.2, 0.25) is 0 Å². The third-order valence-corrected chi connectivity index (χ3v) is 2.39. The number of benzene rings is 1. The van der Waals surface area contributed by atoms with Gasteiger partial charge in [0.05, 0.1) is 0 Å². The highest BCUT2D eigenvalue weighted by molar-refractivity contribution is 5.46. The first-order valence-electron chi connectivity index (χ1n) is 5.59. The summed E-state index contributed by atoms with van der Waals surface area (Å²) in [6.07, 6.45) is 1.54. The lowest BCUT2D eigenvalue weighted by molar-refractivity contribution is 0.289. The number of halogens is 1. The molecular formula is C12H19FN2O. The largest absolute Gasteiger partial charge is 0.396 e. The minimum atomic E-state index is -0.237. The summed E-state index contributed by atoms with van der Waals surface area (Å²) in [5, 5.41) is 8.82. The molecular weight excluding hydrogens is 207 g/mol. The summed E-state index contributed by atoms with van der Waals surface area (Å²) in [5.41, 5.74) is 6.31. The Morgan fingerprint density at radius 3 is 2.62 bits per heavy atom. The van der Waals surface area contributed by atoms with E-state index in [1.54, 1.807) is 6.07 Å². The monoisotopic (exact) mass is 226 g/mol. The second kappa shape index (κ2) is 7.19. The zero-order chi connectivity index (χ0) is 11.8. The molecule has 1 aromatic carbocycles. The minimum Gasteiger partial charge on any atom is -0.396 e. The minimum absolute atomic E-state index is 0.147. The average Bonchev–Trinajstić information content (AvgIpc) is 2.29. The van der Waals surface area contributed by atoms with E-state index in [0.29, 0.717) is 13.0 Å². The van der Waals surface area contributed by atoms with Crippen molar-refractivity contribution in [1.82, 2.24) is 0 Å². The van der Waals surface area contributed by atoms with Crippen LogP contribution >= 0.6 is 0 Å². The zero-order valence-electron chi connectivity index (χ0n) is 9.40. The number of nitrogens with two attached hydrogens (primary N) is 1. The van der Waals surface area contributed by atoms with Crippen LogP contribution < -0.4 is 10.6 Å². The third-order valence-electron chi connectivity index (χ3n) is 2.39. The van der Waals surface area contributed by atoms with Crippen LogP contribution in [-0.2, 0) is 0 Å². The van der Waals surface area contributed by atoms with Gasteiger partial charge in [-0.3, -0.25) is 0 Å². The molecule has 0 fully saturated rings. The molecule has 0 spiro atoms. The van der Waals surface area contributed by atoms with Crippen LogP contribution in [0.4, 0.5) is 10.1 Å². The fraction of sp³-hybridized carbons (Fsp3) is 0.500. The summed E-state index contributed by atoms with van der Waals surface area (Å²) in [6.45, 7) is 2.28. The molecule has 0 amide bonds. The lowest BCUT2D eigenvalue weighted by Gasteiger charge is -2.24. The summed E-state index contributed by atoms with van der Waals surface area (Å²) >= 11 is 0. The SMILES string of the molecule is NCCCN(CCCO)c1cccc(F)c1. The molecule has 0 saturated carbocycles. The first-order chi connectivity index (χ1) is 7.77. The lowest BCUT2D eigenvalue weighted by Crippen LogP contribution is -2.27. The highest BCUT2D eigenvalue weighted by Gasteiger charge is 2.06. The van der Waals surface area contributed by atoms with E-state index in [4.69, 9.17) is 10.8 Å². The Morgan fingerprint density at radius 1 is 1.25 bits per heavy atom. The maximum Gasteiger partial charge on any atom is 0.125 e. The highest BCUT2D eigenvalue weighted by Crippen LogP contribution is 2.16. The molecule has 4 heteroatoms. The van der Waals surface area contributed by atoms with Crippen molar-refractivity contribution in [2.45, 2.75) is 12.8 Å². The van der Waals surface area contributed by atoms with Crippen molar-refractivity contribution in [3.63, 3.8) is 0 Å². The van der Waals surface area contributed by atoms with Gasteiger partial charge in [0.15, 0.2) is 0 Å². The van der Waals surface area contributed by atoms with Gasteiger partial charge >= 0.3 is 0 Å². The Morgan fingerprint density at radius 2 is 2.00 bits per heavy atom. The third kappa shape index (κ3) is 4.16. The Kier molecular flexibility index (Phi) is 5.82. The molecule has 0 aliphatic rings. The molecule has 0 heterocycles. The van der Waals surface area contributed by atoms with E-state index in [1.807, 2.05) is 11.0 Å². The number of anilines is 1. The Bertz CT molecular complexity index is 299. The summed E-state index contributed by atoms with van der Waals surface area (Å²) in [4.78, 5) is 2.05. The first-order valence-corrected chi connectivity index (χ1v) is 5.59. The van der Waals surface area contributed by atoms with E-state index in [2.05, 4.69) is 0 Å². The quantitative estimate of drug-likeness (QED) is 0.738. The Balaban J connectivity index is 2.66. The second-order valence-electron chi connectivity index (χ2n) is 3.69. The van der Waals surface area contributed by atoms with E-state index in [9.17, 15) is 4.39 Å². The molecule has 0 radical (unpaired) electrons. The van der Waals surface area contributed by atoms with Crippen LogP contribution in [0.1, 0.15) is 12.8 Å². The average molecular weight is 226 g/mol. The van der Waals surface area contributed by atoms with Gasteiger partial charge in [-0.05, 0) is 37.6 Å². The molecule has 90 valence electrons. The van der Waals surface area contributed by atoms with Crippen molar-refractivity contribution in [3.8, 4) is 0 Å². The van der Waals surface area contributed by atoms with Crippen molar-refractivity contribution in [2.24, 2.45) is 5.73 Å². The van der Waals surface area contributed by atoms with Crippen LogP contribution in [-0.4, -0.2) is 31.3 Å². The Labute approximate surface area is 95.7 Å². The summed E-state index contributed by atoms with van der Waals surface area (Å²) in [7, 11) is 0. The topological polar surface area (TPSA) is 49.5 Å². The number of rotatable bonds is 7. The molecule has 3 N–H and O–H groups in total. The summed E-state index contributed by atoms with van der Waals surface area (Å²) < 4.78 is 13.1. The van der Waals surface area contributed by atoms with E-state index in [-0.39, 0.29) is 12.4 Å². The number of hydrogen-bond acceptors (Lipinski definition) is 3. The molecule has 16 heavy (non-hydrogen) atoms. The van der Waals surface area contributed by atoms with E-state index in [0.717, 1.165) is 25.2 Å². The molecule has 3 nitrogen and oxygen atoms in total. The van der Waals surface area contributed by atoms with Gasteiger partial charge in [-0.1, -0.05) is 6.07 Å². The zero-order valence-corrected chi connectivity index (χ0v) is 9.40. The van der Waals surface area contributed by atoms with Crippen molar-refractivity contribution in [3.05, 3.63) is 30.1 Å². The van der Waals surface area contributed by atoms with E-state index >= 15 is 0 Å². The maximum atomic E-state index is 13.1. The van der Waals surface area contributed by atoms with Crippen LogP contribution in [0.15, 0.2) is 24.3 Å². The predicted molar refractivity (Wildman–Crippen MR) is 64.0 cm³/mol. The van der Waals surface area contributed by atoms with Gasteiger partial charge in [0, 0.05) is 25.4 Å². The number of nitrogens with zero attached hydrogens (tertiary/aromatic N) is 1. The molecule has 0 saturated heterocycles. The van der Waals surface area contributed by atoms with Gasteiger partial charge < -0.3 is 15.7 Å². The summed E-state index contributed by atoms with van der Waals surface area (Å²) in [6, 6.07) is 6.50. The van der Waals surface area contributed by atoms with Crippen molar-refractivity contribution >= 4 is 5.69 Å². The van der Waals surface area contributed by atoms with Crippen LogP contribution in [0.25, 0.3) is 0 Å². The molecule has 0 aliphatic heterocycles.